The monoisotopic (exact) mass is 442 g/mol. The number of piperidine rings is 1. The van der Waals surface area contributed by atoms with Gasteiger partial charge in [-0.25, -0.2) is 4.98 Å². The first kappa shape index (κ1) is 18.6. The molecular weight excluding hydrogens is 424 g/mol. The van der Waals surface area contributed by atoms with E-state index in [1.54, 1.807) is 46.4 Å². The number of halogens is 1. The van der Waals surface area contributed by atoms with Gasteiger partial charge in [0.1, 0.15) is 0 Å². The summed E-state index contributed by atoms with van der Waals surface area (Å²) in [5, 5.41) is 0. The Morgan fingerprint density at radius 3 is 2.71 bits per heavy atom. The Balaban J connectivity index is 1.37. The number of likely N-dealkylation sites (tertiary alicyclic amines) is 1. The third-order valence-corrected chi connectivity index (χ3v) is 5.40. The molecule has 1 aliphatic heterocycles. The van der Waals surface area contributed by atoms with E-state index in [0.717, 1.165) is 18.4 Å². The minimum atomic E-state index is -0.0937. The molecule has 0 aromatic carbocycles. The number of carbonyl (C=O) groups excluding carboxylic acids is 1. The van der Waals surface area contributed by atoms with Crippen LogP contribution < -0.4 is 5.56 Å². The fraction of sp³-hybridized carbons (Fsp3) is 0.300. The van der Waals surface area contributed by atoms with Gasteiger partial charge in [0.05, 0.1) is 12.0 Å². The molecule has 3 aromatic heterocycles. The van der Waals surface area contributed by atoms with Gasteiger partial charge in [-0.1, -0.05) is 0 Å². The Labute approximate surface area is 170 Å². The zero-order valence-electron chi connectivity index (χ0n) is 15.1. The van der Waals surface area contributed by atoms with Gasteiger partial charge in [0.2, 0.25) is 0 Å². The molecule has 4 heterocycles. The molecule has 1 aliphatic rings. The molecule has 0 aliphatic carbocycles. The number of furan rings is 1. The molecule has 8 heteroatoms. The highest BCUT2D eigenvalue weighted by atomic mass is 79.9. The largest absolute Gasteiger partial charge is 0.444 e. The van der Waals surface area contributed by atoms with Crippen LogP contribution in [0.3, 0.4) is 0 Å². The molecule has 28 heavy (non-hydrogen) atoms. The van der Waals surface area contributed by atoms with Crippen molar-refractivity contribution in [2.24, 2.45) is 5.92 Å². The van der Waals surface area contributed by atoms with Crippen LogP contribution in [0.15, 0.2) is 62.9 Å². The number of hydrogen-bond acceptors (Lipinski definition) is 5. The van der Waals surface area contributed by atoms with Gasteiger partial charge < -0.3 is 9.32 Å². The van der Waals surface area contributed by atoms with Crippen LogP contribution in [0.1, 0.15) is 23.4 Å². The van der Waals surface area contributed by atoms with Gasteiger partial charge in [0, 0.05) is 43.7 Å². The molecule has 0 atom stereocenters. The summed E-state index contributed by atoms with van der Waals surface area (Å²) in [6.45, 7) is 1.91. The van der Waals surface area contributed by atoms with Crippen LogP contribution in [-0.4, -0.2) is 38.4 Å². The molecule has 7 nitrogen and oxygen atoms in total. The number of nitrogens with zero attached hydrogens (tertiary/aromatic N) is 4. The molecule has 0 bridgehead atoms. The summed E-state index contributed by atoms with van der Waals surface area (Å²) in [4.78, 5) is 35.2. The summed E-state index contributed by atoms with van der Waals surface area (Å²) in [7, 11) is 0. The van der Waals surface area contributed by atoms with Crippen LogP contribution in [0.2, 0.25) is 0 Å². The zero-order chi connectivity index (χ0) is 19.5. The van der Waals surface area contributed by atoms with Crippen LogP contribution in [-0.2, 0) is 6.54 Å². The maximum Gasteiger partial charge on any atom is 0.289 e. The highest BCUT2D eigenvalue weighted by Gasteiger charge is 2.25. The molecule has 0 saturated carbocycles. The molecule has 0 spiro atoms. The van der Waals surface area contributed by atoms with Crippen LogP contribution in [0.25, 0.3) is 11.3 Å². The lowest BCUT2D eigenvalue weighted by Gasteiger charge is -2.31. The molecule has 144 valence electrons. The highest BCUT2D eigenvalue weighted by Crippen LogP contribution is 2.22. The first-order valence-electron chi connectivity index (χ1n) is 9.11. The first-order valence-corrected chi connectivity index (χ1v) is 9.91. The van der Waals surface area contributed by atoms with Crippen molar-refractivity contribution in [1.29, 1.82) is 0 Å². The third kappa shape index (κ3) is 4.06. The standard InChI is InChI=1S/C20H19BrN4O3/c21-18-4-3-17(28-18)20(27)24-8-5-14(6-9-24)12-25-13-23-16(10-19(25)26)15-2-1-7-22-11-15/h1-4,7,10-11,13-14H,5-6,8-9,12H2. The lowest BCUT2D eigenvalue weighted by Crippen LogP contribution is -2.39. The second-order valence-electron chi connectivity index (χ2n) is 6.85. The summed E-state index contributed by atoms with van der Waals surface area (Å²) in [6.07, 6.45) is 6.65. The average Bonchev–Trinajstić information content (AvgIpc) is 3.16. The van der Waals surface area contributed by atoms with Crippen LogP contribution >= 0.6 is 15.9 Å². The predicted molar refractivity (Wildman–Crippen MR) is 107 cm³/mol. The molecule has 1 amide bonds. The highest BCUT2D eigenvalue weighted by molar-refractivity contribution is 9.10. The van der Waals surface area contributed by atoms with E-state index in [0.29, 0.717) is 41.7 Å². The van der Waals surface area contributed by atoms with Crippen molar-refractivity contribution >= 4 is 21.8 Å². The van der Waals surface area contributed by atoms with Crippen molar-refractivity contribution in [3.63, 3.8) is 0 Å². The van der Waals surface area contributed by atoms with E-state index >= 15 is 0 Å². The van der Waals surface area contributed by atoms with E-state index in [-0.39, 0.29) is 11.5 Å². The van der Waals surface area contributed by atoms with E-state index in [9.17, 15) is 9.59 Å². The molecule has 1 fully saturated rings. The van der Waals surface area contributed by atoms with Gasteiger partial charge in [0.25, 0.3) is 11.5 Å². The Hall–Kier alpha value is -2.74. The Kier molecular flexibility index (Phi) is 5.38. The SMILES string of the molecule is O=C(c1ccc(Br)o1)N1CCC(Cn2cnc(-c3cccnc3)cc2=O)CC1. The van der Waals surface area contributed by atoms with Crippen LogP contribution in [0, 0.1) is 5.92 Å². The van der Waals surface area contributed by atoms with Crippen molar-refractivity contribution in [3.8, 4) is 11.3 Å². The lowest BCUT2D eigenvalue weighted by atomic mass is 9.96. The minimum Gasteiger partial charge on any atom is -0.444 e. The van der Waals surface area contributed by atoms with Gasteiger partial charge in [-0.3, -0.25) is 19.1 Å². The molecule has 0 radical (unpaired) electrons. The van der Waals surface area contributed by atoms with E-state index < -0.39 is 0 Å². The van der Waals surface area contributed by atoms with Crippen molar-refractivity contribution < 1.29 is 9.21 Å². The fourth-order valence-electron chi connectivity index (χ4n) is 3.42. The summed E-state index contributed by atoms with van der Waals surface area (Å²) in [5.74, 6) is 0.580. The Morgan fingerprint density at radius 1 is 1.25 bits per heavy atom. The van der Waals surface area contributed by atoms with Gasteiger partial charge in [-0.05, 0) is 59.0 Å². The minimum absolute atomic E-state index is 0.0761. The Bertz CT molecular complexity index is 1020. The molecule has 4 rings (SSSR count). The average molecular weight is 443 g/mol. The maximum absolute atomic E-state index is 12.5. The predicted octanol–water partition coefficient (Wildman–Crippen LogP) is 3.21. The van der Waals surface area contributed by atoms with Crippen LogP contribution in [0.4, 0.5) is 0 Å². The number of aromatic nitrogens is 3. The quantitative estimate of drug-likeness (QED) is 0.619. The maximum atomic E-state index is 12.5. The van der Waals surface area contributed by atoms with E-state index in [4.69, 9.17) is 4.42 Å². The lowest BCUT2D eigenvalue weighted by molar-refractivity contribution is 0.0649. The number of pyridine rings is 1. The van der Waals surface area contributed by atoms with Gasteiger partial charge >= 0.3 is 0 Å². The van der Waals surface area contributed by atoms with Gasteiger partial charge in [-0.2, -0.15) is 0 Å². The van der Waals surface area contributed by atoms with Crippen molar-refractivity contribution in [2.75, 3.05) is 13.1 Å². The normalized spacial score (nSPS) is 15.0. The second-order valence-corrected chi connectivity index (χ2v) is 7.63. The van der Waals surface area contributed by atoms with Crippen LogP contribution in [0.5, 0.6) is 0 Å². The third-order valence-electron chi connectivity index (χ3n) is 4.98. The van der Waals surface area contributed by atoms with Crippen molar-refractivity contribution in [1.82, 2.24) is 19.4 Å². The fourth-order valence-corrected chi connectivity index (χ4v) is 3.72. The summed E-state index contributed by atoms with van der Waals surface area (Å²) >= 11 is 3.22. The van der Waals surface area contributed by atoms with E-state index in [1.807, 2.05) is 12.1 Å². The summed E-state index contributed by atoms with van der Waals surface area (Å²) < 4.78 is 7.54. The zero-order valence-corrected chi connectivity index (χ0v) is 16.7. The summed E-state index contributed by atoms with van der Waals surface area (Å²) in [5.41, 5.74) is 1.37. The van der Waals surface area contributed by atoms with E-state index in [2.05, 4.69) is 25.9 Å². The van der Waals surface area contributed by atoms with Gasteiger partial charge in [-0.15, -0.1) is 0 Å². The summed E-state index contributed by atoms with van der Waals surface area (Å²) in [6, 6.07) is 8.63. The second kappa shape index (κ2) is 8.10. The van der Waals surface area contributed by atoms with Crippen molar-refractivity contribution in [3.05, 3.63) is 69.8 Å². The smallest absolute Gasteiger partial charge is 0.289 e. The molecule has 1 saturated heterocycles. The molecule has 3 aromatic rings. The Morgan fingerprint density at radius 2 is 2.07 bits per heavy atom. The first-order chi connectivity index (χ1) is 13.6. The number of rotatable bonds is 4. The topological polar surface area (TPSA) is 81.2 Å². The number of carbonyl (C=O) groups is 1. The number of amides is 1. The molecular formula is C20H19BrN4O3. The van der Waals surface area contributed by atoms with Crippen molar-refractivity contribution in [2.45, 2.75) is 19.4 Å². The molecule has 0 N–H and O–H groups in total. The molecule has 0 unspecified atom stereocenters. The van der Waals surface area contributed by atoms with Gasteiger partial charge in [0.15, 0.2) is 10.4 Å². The number of hydrogen-bond donors (Lipinski definition) is 0. The van der Waals surface area contributed by atoms with E-state index in [1.165, 1.54) is 0 Å².